The van der Waals surface area contributed by atoms with Crippen LogP contribution in [0.1, 0.15) is 45.1 Å². The molecule has 0 spiro atoms. The number of hydrogen-bond donors (Lipinski definition) is 1. The Morgan fingerprint density at radius 2 is 1.93 bits per heavy atom. The van der Waals surface area contributed by atoms with Crippen LogP contribution in [0, 0.1) is 11.2 Å². The van der Waals surface area contributed by atoms with Gasteiger partial charge >= 0.3 is 6.01 Å². The van der Waals surface area contributed by atoms with E-state index in [2.05, 4.69) is 23.0 Å². The number of aliphatic hydroxyl groups is 1. The van der Waals surface area contributed by atoms with Crippen molar-refractivity contribution in [1.82, 2.24) is 9.97 Å². The van der Waals surface area contributed by atoms with Crippen molar-refractivity contribution < 1.29 is 28.5 Å². The Kier molecular flexibility index (Phi) is 7.49. The predicted octanol–water partition coefficient (Wildman–Crippen LogP) is 5.84. The van der Waals surface area contributed by atoms with Crippen LogP contribution in [-0.2, 0) is 16.0 Å². The fourth-order valence-electron chi connectivity index (χ4n) is 5.90. The number of fused-ring (bicyclic) bond motifs is 2. The number of aromatic nitrogens is 2. The van der Waals surface area contributed by atoms with Gasteiger partial charge in [-0.15, -0.1) is 0 Å². The first-order valence-electron chi connectivity index (χ1n) is 14.5. The van der Waals surface area contributed by atoms with E-state index in [0.29, 0.717) is 47.6 Å². The van der Waals surface area contributed by atoms with E-state index in [0.717, 1.165) is 48.3 Å². The van der Waals surface area contributed by atoms with E-state index in [1.54, 1.807) is 20.1 Å². The topological polar surface area (TPSA) is 94.0 Å². The third kappa shape index (κ3) is 5.39. The molecule has 2 heterocycles. The second-order valence-corrected chi connectivity index (χ2v) is 11.8. The second kappa shape index (κ2) is 11.1. The van der Waals surface area contributed by atoms with E-state index in [4.69, 9.17) is 14.2 Å². The highest BCUT2D eigenvalue weighted by atomic mass is 19.1. The molecule has 1 aromatic heterocycles. The number of halogens is 1. The van der Waals surface area contributed by atoms with Crippen LogP contribution >= 0.6 is 0 Å². The van der Waals surface area contributed by atoms with Crippen molar-refractivity contribution in [3.8, 4) is 22.9 Å². The number of carbonyl (C=O) groups excluding carboxylic acids is 1. The van der Waals surface area contributed by atoms with Crippen LogP contribution in [0.15, 0.2) is 42.5 Å². The highest BCUT2D eigenvalue weighted by molar-refractivity contribution is 6.03. The van der Waals surface area contributed by atoms with Crippen molar-refractivity contribution in [1.29, 1.82) is 0 Å². The standard InChI is InChI=1S/C33H36FN3O5/c1-4-21-7-5-8-22-15-23(42-20-40-3)16-26(27(21)22)24-9-10-25-29(28(24)34)35-31(41-19-33(18-38)12-13-33)36-30(25)37-14-6-11-32(2,39)17-37/h5,7-10,15-16,18,39H,4,6,11-14,17,19-20H2,1-3H3/t32-/m1/s1. The molecule has 3 aromatic carbocycles. The van der Waals surface area contributed by atoms with E-state index in [9.17, 15) is 9.90 Å². The summed E-state index contributed by atoms with van der Waals surface area (Å²) in [5, 5.41) is 13.2. The van der Waals surface area contributed by atoms with Crippen LogP contribution in [0.25, 0.3) is 32.8 Å². The maximum atomic E-state index is 16.8. The highest BCUT2D eigenvalue weighted by Crippen LogP contribution is 2.44. The van der Waals surface area contributed by atoms with Gasteiger partial charge in [-0.3, -0.25) is 0 Å². The molecule has 2 aliphatic rings. The fraction of sp³-hybridized carbons (Fsp3) is 0.424. The zero-order valence-corrected chi connectivity index (χ0v) is 24.3. The number of ether oxygens (including phenoxy) is 3. The third-order valence-electron chi connectivity index (χ3n) is 8.42. The summed E-state index contributed by atoms with van der Waals surface area (Å²) in [6, 6.07) is 13.4. The summed E-state index contributed by atoms with van der Waals surface area (Å²) in [5.74, 6) is 0.573. The minimum absolute atomic E-state index is 0.0168. The summed E-state index contributed by atoms with van der Waals surface area (Å²) < 4.78 is 33.7. The van der Waals surface area contributed by atoms with Gasteiger partial charge in [-0.05, 0) is 79.1 Å². The maximum absolute atomic E-state index is 16.8. The quantitative estimate of drug-likeness (QED) is 0.187. The van der Waals surface area contributed by atoms with Gasteiger partial charge in [-0.1, -0.05) is 31.2 Å². The highest BCUT2D eigenvalue weighted by Gasteiger charge is 2.44. The first-order chi connectivity index (χ1) is 20.3. The van der Waals surface area contributed by atoms with Gasteiger partial charge in [0.05, 0.1) is 11.0 Å². The molecule has 1 N–H and O–H groups in total. The molecule has 4 aromatic rings. The molecule has 1 atom stereocenters. The van der Waals surface area contributed by atoms with Crippen LogP contribution in [0.5, 0.6) is 11.8 Å². The Bertz CT molecular complexity index is 1650. The minimum Gasteiger partial charge on any atom is -0.468 e. The predicted molar refractivity (Wildman–Crippen MR) is 160 cm³/mol. The van der Waals surface area contributed by atoms with Crippen LogP contribution in [0.2, 0.25) is 0 Å². The fourth-order valence-corrected chi connectivity index (χ4v) is 5.90. The number of aldehydes is 1. The molecule has 0 unspecified atom stereocenters. The number of methoxy groups -OCH3 is 1. The molecule has 8 nitrogen and oxygen atoms in total. The third-order valence-corrected chi connectivity index (χ3v) is 8.42. The molecule has 1 aliphatic carbocycles. The number of benzene rings is 3. The zero-order chi connectivity index (χ0) is 29.5. The van der Waals surface area contributed by atoms with Gasteiger partial charge in [-0.25, -0.2) is 4.39 Å². The number of carbonyl (C=O) groups is 1. The first-order valence-corrected chi connectivity index (χ1v) is 14.5. The smallest absolute Gasteiger partial charge is 0.319 e. The lowest BCUT2D eigenvalue weighted by Crippen LogP contribution is -2.46. The number of piperidine rings is 1. The average Bonchev–Trinajstić information content (AvgIpc) is 3.78. The van der Waals surface area contributed by atoms with Crippen LogP contribution in [-0.4, -0.2) is 60.6 Å². The van der Waals surface area contributed by atoms with Gasteiger partial charge in [0.2, 0.25) is 0 Å². The van der Waals surface area contributed by atoms with Crippen molar-refractivity contribution in [3.05, 3.63) is 53.8 Å². The number of aryl methyl sites for hydroxylation is 1. The van der Waals surface area contributed by atoms with E-state index < -0.39 is 16.8 Å². The summed E-state index contributed by atoms with van der Waals surface area (Å²) in [7, 11) is 1.55. The summed E-state index contributed by atoms with van der Waals surface area (Å²) in [4.78, 5) is 22.8. The molecule has 6 rings (SSSR count). The van der Waals surface area contributed by atoms with E-state index in [-0.39, 0.29) is 24.9 Å². The van der Waals surface area contributed by atoms with Crippen molar-refractivity contribution in [2.45, 2.75) is 51.6 Å². The summed E-state index contributed by atoms with van der Waals surface area (Å²) >= 11 is 0. The lowest BCUT2D eigenvalue weighted by atomic mass is 9.92. The van der Waals surface area contributed by atoms with Crippen LogP contribution in [0.3, 0.4) is 0 Å². The molecular weight excluding hydrogens is 537 g/mol. The largest absolute Gasteiger partial charge is 0.468 e. The van der Waals surface area contributed by atoms with Gasteiger partial charge in [0.25, 0.3) is 0 Å². The van der Waals surface area contributed by atoms with Crippen molar-refractivity contribution in [3.63, 3.8) is 0 Å². The summed E-state index contributed by atoms with van der Waals surface area (Å²) in [5.41, 5.74) is 0.862. The number of nitrogens with zero attached hydrogens (tertiary/aromatic N) is 3. The van der Waals surface area contributed by atoms with Gasteiger partial charge in [0.15, 0.2) is 12.6 Å². The maximum Gasteiger partial charge on any atom is 0.319 e. The van der Waals surface area contributed by atoms with Gasteiger partial charge in [0.1, 0.15) is 30.0 Å². The molecular formula is C33H36FN3O5. The Hall–Kier alpha value is -3.82. The van der Waals surface area contributed by atoms with Crippen LogP contribution < -0.4 is 14.4 Å². The first kappa shape index (κ1) is 28.3. The lowest BCUT2D eigenvalue weighted by Gasteiger charge is -2.38. The lowest BCUT2D eigenvalue weighted by molar-refractivity contribution is -0.113. The molecule has 1 aliphatic heterocycles. The zero-order valence-electron chi connectivity index (χ0n) is 24.3. The van der Waals surface area contributed by atoms with Crippen molar-refractivity contribution >= 4 is 33.8 Å². The molecule has 0 bridgehead atoms. The SMILES string of the molecule is CCc1cccc2cc(OCOC)cc(-c3ccc4c(N5CCC[C@@](C)(O)C5)nc(OCC5(C=O)CC5)nc4c3F)c12. The molecule has 42 heavy (non-hydrogen) atoms. The van der Waals surface area contributed by atoms with Gasteiger partial charge < -0.3 is 29.0 Å². The molecule has 220 valence electrons. The molecule has 0 radical (unpaired) electrons. The molecule has 1 saturated heterocycles. The monoisotopic (exact) mass is 573 g/mol. The van der Waals surface area contributed by atoms with Crippen LogP contribution in [0.4, 0.5) is 10.2 Å². The molecule has 9 heteroatoms. The molecule has 2 fully saturated rings. The van der Waals surface area contributed by atoms with E-state index in [1.165, 1.54) is 0 Å². The number of anilines is 1. The normalized spacial score (nSPS) is 19.7. The Labute approximate surface area is 244 Å². The Morgan fingerprint density at radius 1 is 1.10 bits per heavy atom. The Balaban J connectivity index is 1.53. The average molecular weight is 574 g/mol. The summed E-state index contributed by atoms with van der Waals surface area (Å²) in [6.45, 7) is 5.10. The van der Waals surface area contributed by atoms with Crippen molar-refractivity contribution in [2.24, 2.45) is 5.41 Å². The van der Waals surface area contributed by atoms with E-state index in [1.807, 2.05) is 35.2 Å². The Morgan fingerprint density at radius 3 is 2.64 bits per heavy atom. The second-order valence-electron chi connectivity index (χ2n) is 11.8. The van der Waals surface area contributed by atoms with Crippen molar-refractivity contribution in [2.75, 3.05) is 38.5 Å². The van der Waals surface area contributed by atoms with Gasteiger partial charge in [-0.2, -0.15) is 9.97 Å². The molecule has 1 saturated carbocycles. The number of rotatable bonds is 10. The summed E-state index contributed by atoms with van der Waals surface area (Å²) in [6.07, 6.45) is 4.63. The van der Waals surface area contributed by atoms with E-state index >= 15 is 4.39 Å². The number of β-amino-alcohol motifs (C(OH)–C–C–N with tert-alkyl or cyclic N) is 1. The number of hydrogen-bond acceptors (Lipinski definition) is 8. The minimum atomic E-state index is -0.900. The molecule has 0 amide bonds. The van der Waals surface area contributed by atoms with Gasteiger partial charge in [0, 0.05) is 31.1 Å².